The minimum Gasteiger partial charge on any atom is -0.345 e. The molecule has 3 nitrogen and oxygen atoms in total. The molecule has 0 radical (unpaired) electrons. The van der Waals surface area contributed by atoms with Gasteiger partial charge in [-0.05, 0) is 61.3 Å². The molecule has 3 rings (SSSR count). The number of hydrogen-bond acceptors (Lipinski definition) is 2. The molecular formula is C19H20Cl2N2O. The Morgan fingerprint density at radius 3 is 1.83 bits per heavy atom. The molecule has 5 heteroatoms. The van der Waals surface area contributed by atoms with E-state index >= 15 is 0 Å². The second-order valence-corrected chi connectivity index (χ2v) is 6.94. The molecule has 1 aliphatic rings. The highest BCUT2D eigenvalue weighted by Crippen LogP contribution is 2.26. The van der Waals surface area contributed by atoms with Crippen molar-refractivity contribution in [2.75, 3.05) is 13.1 Å². The van der Waals surface area contributed by atoms with Crippen molar-refractivity contribution in [3.05, 3.63) is 69.7 Å². The maximum Gasteiger partial charge on any atom is 0.223 e. The fraction of sp³-hybridized carbons (Fsp3) is 0.316. The van der Waals surface area contributed by atoms with Crippen molar-refractivity contribution in [1.82, 2.24) is 10.6 Å². The quantitative estimate of drug-likeness (QED) is 0.855. The first kappa shape index (κ1) is 17.3. The summed E-state index contributed by atoms with van der Waals surface area (Å²) >= 11 is 12.0. The first-order valence-electron chi connectivity index (χ1n) is 8.15. The van der Waals surface area contributed by atoms with Crippen molar-refractivity contribution in [2.45, 2.75) is 18.9 Å². The van der Waals surface area contributed by atoms with Gasteiger partial charge in [0.1, 0.15) is 0 Å². The Bertz CT molecular complexity index is 634. The monoisotopic (exact) mass is 362 g/mol. The number of hydrogen-bond donors (Lipinski definition) is 2. The van der Waals surface area contributed by atoms with Crippen molar-refractivity contribution in [2.24, 2.45) is 5.92 Å². The maximum absolute atomic E-state index is 12.7. The predicted octanol–water partition coefficient (Wildman–Crippen LogP) is 4.20. The van der Waals surface area contributed by atoms with Gasteiger partial charge in [0.25, 0.3) is 0 Å². The summed E-state index contributed by atoms with van der Waals surface area (Å²) in [6.45, 7) is 1.79. The Balaban J connectivity index is 1.85. The lowest BCUT2D eigenvalue weighted by Gasteiger charge is -2.26. The van der Waals surface area contributed by atoms with E-state index in [4.69, 9.17) is 23.2 Å². The number of carbonyl (C=O) groups excluding carboxylic acids is 1. The number of halogens is 2. The molecule has 24 heavy (non-hydrogen) atoms. The van der Waals surface area contributed by atoms with E-state index in [9.17, 15) is 4.79 Å². The summed E-state index contributed by atoms with van der Waals surface area (Å²) in [7, 11) is 0. The highest BCUT2D eigenvalue weighted by Gasteiger charge is 2.24. The van der Waals surface area contributed by atoms with Gasteiger partial charge in [0.05, 0.1) is 6.04 Å². The molecule has 0 unspecified atom stereocenters. The Morgan fingerprint density at radius 1 is 0.917 bits per heavy atom. The van der Waals surface area contributed by atoms with Crippen LogP contribution in [0.2, 0.25) is 10.0 Å². The third-order valence-corrected chi connectivity index (χ3v) is 4.91. The molecule has 1 aliphatic heterocycles. The first-order valence-corrected chi connectivity index (χ1v) is 8.91. The lowest BCUT2D eigenvalue weighted by Crippen LogP contribution is -2.40. The Morgan fingerprint density at radius 2 is 1.38 bits per heavy atom. The number of amides is 1. The van der Waals surface area contributed by atoms with Gasteiger partial charge in [-0.25, -0.2) is 0 Å². The van der Waals surface area contributed by atoms with Crippen LogP contribution in [0.3, 0.4) is 0 Å². The largest absolute Gasteiger partial charge is 0.345 e. The van der Waals surface area contributed by atoms with E-state index in [1.54, 1.807) is 0 Å². The fourth-order valence-corrected chi connectivity index (χ4v) is 3.27. The molecular weight excluding hydrogens is 343 g/mol. The second-order valence-electron chi connectivity index (χ2n) is 6.07. The summed E-state index contributed by atoms with van der Waals surface area (Å²) in [6, 6.07) is 15.0. The topological polar surface area (TPSA) is 41.1 Å². The normalized spacial score (nSPS) is 15.5. The molecule has 2 aromatic rings. The van der Waals surface area contributed by atoms with E-state index in [0.29, 0.717) is 10.0 Å². The van der Waals surface area contributed by atoms with E-state index in [-0.39, 0.29) is 17.9 Å². The molecule has 2 N–H and O–H groups in total. The molecule has 0 bridgehead atoms. The van der Waals surface area contributed by atoms with Crippen molar-refractivity contribution >= 4 is 29.1 Å². The average Bonchev–Trinajstić information content (AvgIpc) is 2.62. The van der Waals surface area contributed by atoms with E-state index in [0.717, 1.165) is 37.1 Å². The molecule has 0 aromatic heterocycles. The average molecular weight is 363 g/mol. The lowest BCUT2D eigenvalue weighted by atomic mass is 9.94. The summed E-state index contributed by atoms with van der Waals surface area (Å²) in [5, 5.41) is 7.85. The van der Waals surface area contributed by atoms with E-state index in [1.807, 2.05) is 48.5 Å². The van der Waals surface area contributed by atoms with Crippen molar-refractivity contribution < 1.29 is 4.79 Å². The number of carbonyl (C=O) groups is 1. The SMILES string of the molecule is O=C(NC(c1ccc(Cl)cc1)c1ccc(Cl)cc1)C1CCNCC1. The highest BCUT2D eigenvalue weighted by atomic mass is 35.5. The van der Waals surface area contributed by atoms with Gasteiger partial charge in [-0.1, -0.05) is 47.5 Å². The minimum atomic E-state index is -0.207. The van der Waals surface area contributed by atoms with Crippen LogP contribution in [0.4, 0.5) is 0 Å². The molecule has 0 saturated carbocycles. The van der Waals surface area contributed by atoms with Crippen LogP contribution in [-0.4, -0.2) is 19.0 Å². The highest BCUT2D eigenvalue weighted by molar-refractivity contribution is 6.30. The van der Waals surface area contributed by atoms with E-state index < -0.39 is 0 Å². The molecule has 0 atom stereocenters. The van der Waals surface area contributed by atoms with Gasteiger partial charge in [0.15, 0.2) is 0 Å². The third kappa shape index (κ3) is 4.29. The molecule has 0 aliphatic carbocycles. The summed E-state index contributed by atoms with van der Waals surface area (Å²) in [5.74, 6) is 0.166. The first-order chi connectivity index (χ1) is 11.6. The van der Waals surface area contributed by atoms with Crippen LogP contribution in [0.5, 0.6) is 0 Å². The summed E-state index contributed by atoms with van der Waals surface area (Å²) in [6.07, 6.45) is 1.75. The van der Waals surface area contributed by atoms with Crippen LogP contribution in [-0.2, 0) is 4.79 Å². The number of rotatable bonds is 4. The van der Waals surface area contributed by atoms with Crippen molar-refractivity contribution in [1.29, 1.82) is 0 Å². The smallest absolute Gasteiger partial charge is 0.223 e. The standard InChI is InChI=1S/C19H20Cl2N2O/c20-16-5-1-13(2-6-16)18(14-3-7-17(21)8-4-14)23-19(24)15-9-11-22-12-10-15/h1-8,15,18,22H,9-12H2,(H,23,24). The van der Waals surface area contributed by atoms with Gasteiger partial charge >= 0.3 is 0 Å². The number of nitrogens with one attached hydrogen (secondary N) is 2. The van der Waals surface area contributed by atoms with Crippen molar-refractivity contribution in [3.8, 4) is 0 Å². The second kappa shape index (κ2) is 8.02. The van der Waals surface area contributed by atoms with Gasteiger partial charge in [0, 0.05) is 16.0 Å². The van der Waals surface area contributed by atoms with Gasteiger partial charge in [0.2, 0.25) is 5.91 Å². The molecule has 1 saturated heterocycles. The van der Waals surface area contributed by atoms with E-state index in [2.05, 4.69) is 10.6 Å². The zero-order valence-corrected chi connectivity index (χ0v) is 14.8. The zero-order chi connectivity index (χ0) is 16.9. The van der Waals surface area contributed by atoms with Crippen LogP contribution in [0, 0.1) is 5.92 Å². The Labute approximate surface area is 152 Å². The number of benzene rings is 2. The Kier molecular flexibility index (Phi) is 5.77. The molecule has 0 spiro atoms. The minimum absolute atomic E-state index is 0.0633. The molecule has 2 aromatic carbocycles. The van der Waals surface area contributed by atoms with Gasteiger partial charge in [-0.15, -0.1) is 0 Å². The predicted molar refractivity (Wildman–Crippen MR) is 98.5 cm³/mol. The van der Waals surface area contributed by atoms with Crippen molar-refractivity contribution in [3.63, 3.8) is 0 Å². The fourth-order valence-electron chi connectivity index (χ4n) is 3.01. The third-order valence-electron chi connectivity index (χ3n) is 4.40. The van der Waals surface area contributed by atoms with Gasteiger partial charge < -0.3 is 10.6 Å². The summed E-state index contributed by atoms with van der Waals surface area (Å²) in [4.78, 5) is 12.7. The van der Waals surface area contributed by atoms with Gasteiger partial charge in [-0.3, -0.25) is 4.79 Å². The molecule has 1 amide bonds. The lowest BCUT2D eigenvalue weighted by molar-refractivity contribution is -0.126. The van der Waals surface area contributed by atoms with Crippen LogP contribution < -0.4 is 10.6 Å². The van der Waals surface area contributed by atoms with Crippen LogP contribution in [0.25, 0.3) is 0 Å². The zero-order valence-electron chi connectivity index (χ0n) is 13.3. The Hall–Kier alpha value is -1.55. The maximum atomic E-state index is 12.7. The van der Waals surface area contributed by atoms with Crippen LogP contribution >= 0.6 is 23.2 Å². The van der Waals surface area contributed by atoms with Crippen LogP contribution in [0.15, 0.2) is 48.5 Å². The molecule has 1 fully saturated rings. The number of piperidine rings is 1. The molecule has 1 heterocycles. The van der Waals surface area contributed by atoms with E-state index in [1.165, 1.54) is 0 Å². The summed E-state index contributed by atoms with van der Waals surface area (Å²) in [5.41, 5.74) is 2.01. The summed E-state index contributed by atoms with van der Waals surface area (Å²) < 4.78 is 0. The van der Waals surface area contributed by atoms with Crippen LogP contribution in [0.1, 0.15) is 30.0 Å². The molecule has 126 valence electrons. The van der Waals surface area contributed by atoms with Gasteiger partial charge in [-0.2, -0.15) is 0 Å².